The van der Waals surface area contributed by atoms with Crippen molar-refractivity contribution in [3.05, 3.63) is 34.9 Å². The molecule has 0 unspecified atom stereocenters. The molecular weight excluding hydrogens is 273 g/mol. The van der Waals surface area contributed by atoms with E-state index in [-0.39, 0.29) is 18.1 Å². The lowest BCUT2D eigenvalue weighted by Crippen LogP contribution is -2.17. The fraction of sp³-hybridized carbons (Fsp3) is 0.182. The van der Waals surface area contributed by atoms with Crippen LogP contribution < -0.4 is 4.74 Å². The topological polar surface area (TPSA) is 35.5 Å². The zero-order valence-electron chi connectivity index (χ0n) is 8.91. The maximum Gasteiger partial charge on any atom is 0.573 e. The smallest absolute Gasteiger partial charge is 0.464 e. The van der Waals surface area contributed by atoms with Crippen LogP contribution in [-0.4, -0.2) is 19.4 Å². The molecule has 0 radical (unpaired) electrons. The van der Waals surface area contributed by atoms with Crippen LogP contribution in [0, 0.1) is 0 Å². The Hall–Kier alpha value is -1.69. The molecule has 0 aromatic heterocycles. The monoisotopic (exact) mass is 280 g/mol. The van der Waals surface area contributed by atoms with Crippen molar-refractivity contribution in [1.29, 1.82) is 0 Å². The summed E-state index contributed by atoms with van der Waals surface area (Å²) in [7, 11) is 0. The number of ether oxygens (including phenoxy) is 2. The highest BCUT2D eigenvalue weighted by atomic mass is 35.5. The highest BCUT2D eigenvalue weighted by molar-refractivity contribution is 6.32. The Labute approximate surface area is 106 Å². The van der Waals surface area contributed by atoms with E-state index < -0.39 is 12.1 Å². The minimum atomic E-state index is -4.75. The molecule has 0 aliphatic heterocycles. The van der Waals surface area contributed by atoms with Gasteiger partial charge in [0.2, 0.25) is 0 Å². The van der Waals surface area contributed by atoms with Gasteiger partial charge in [-0.3, -0.25) is 4.79 Å². The molecule has 0 N–H and O–H groups in total. The van der Waals surface area contributed by atoms with Crippen LogP contribution in [0.15, 0.2) is 24.3 Å². The lowest BCUT2D eigenvalue weighted by atomic mass is 10.2. The third kappa shape index (κ3) is 5.09. The van der Waals surface area contributed by atoms with Gasteiger partial charge in [0, 0.05) is 0 Å². The fourth-order valence-corrected chi connectivity index (χ4v) is 1.34. The van der Waals surface area contributed by atoms with Gasteiger partial charge in [-0.15, -0.1) is 13.2 Å². The van der Waals surface area contributed by atoms with Crippen molar-refractivity contribution in [2.75, 3.05) is 6.61 Å². The second-order valence-electron chi connectivity index (χ2n) is 3.06. The Morgan fingerprint density at radius 1 is 1.33 bits per heavy atom. The summed E-state index contributed by atoms with van der Waals surface area (Å²) in [6, 6.07) is 3.55. The van der Waals surface area contributed by atoms with E-state index >= 15 is 0 Å². The average molecular weight is 281 g/mol. The molecule has 3 nitrogen and oxygen atoms in total. The van der Waals surface area contributed by atoms with Crippen LogP contribution in [0.3, 0.4) is 0 Å². The molecule has 0 atom stereocenters. The van der Waals surface area contributed by atoms with Gasteiger partial charge in [0.1, 0.15) is 12.4 Å². The quantitative estimate of drug-likeness (QED) is 0.612. The minimum absolute atomic E-state index is 0.0562. The number of halogens is 4. The fourth-order valence-electron chi connectivity index (χ4n) is 1.11. The lowest BCUT2D eigenvalue weighted by molar-refractivity contribution is -0.274. The predicted molar refractivity (Wildman–Crippen MR) is 59.2 cm³/mol. The minimum Gasteiger partial charge on any atom is -0.464 e. The first kappa shape index (κ1) is 14.4. The van der Waals surface area contributed by atoms with E-state index in [4.69, 9.17) is 11.6 Å². The highest BCUT2D eigenvalue weighted by Gasteiger charge is 2.31. The Balaban J connectivity index is 2.73. The molecule has 0 saturated carbocycles. The molecule has 0 aliphatic carbocycles. The molecule has 0 bridgehead atoms. The Kier molecular flexibility index (Phi) is 5.03. The number of alkyl halides is 3. The van der Waals surface area contributed by atoms with E-state index in [0.29, 0.717) is 5.56 Å². The molecule has 98 valence electrons. The van der Waals surface area contributed by atoms with Gasteiger partial charge < -0.3 is 9.47 Å². The van der Waals surface area contributed by atoms with E-state index in [1.54, 1.807) is 0 Å². The van der Waals surface area contributed by atoms with Crippen LogP contribution in [-0.2, 0) is 9.53 Å². The number of benzene rings is 1. The summed E-state index contributed by atoms with van der Waals surface area (Å²) < 4.78 is 43.9. The molecule has 0 spiro atoms. The third-order valence-corrected chi connectivity index (χ3v) is 2.09. The van der Waals surface area contributed by atoms with Crippen LogP contribution >= 0.6 is 11.6 Å². The second-order valence-corrected chi connectivity index (χ2v) is 3.47. The highest BCUT2D eigenvalue weighted by Crippen LogP contribution is 2.28. The van der Waals surface area contributed by atoms with Gasteiger partial charge in [0.15, 0.2) is 0 Å². The van der Waals surface area contributed by atoms with Crippen LogP contribution in [0.1, 0.15) is 5.56 Å². The van der Waals surface area contributed by atoms with E-state index in [1.165, 1.54) is 18.2 Å². The first-order valence-corrected chi connectivity index (χ1v) is 5.07. The van der Waals surface area contributed by atoms with Crippen LogP contribution in [0.4, 0.5) is 13.2 Å². The van der Waals surface area contributed by atoms with Gasteiger partial charge in [-0.1, -0.05) is 17.7 Å². The molecule has 1 aromatic carbocycles. The first-order chi connectivity index (χ1) is 8.42. The number of hydrogen-bond donors (Lipinski definition) is 0. The van der Waals surface area contributed by atoms with Crippen molar-refractivity contribution in [2.24, 2.45) is 0 Å². The summed E-state index contributed by atoms with van der Waals surface area (Å²) in [5.74, 6) is -0.395. The Morgan fingerprint density at radius 2 is 2.06 bits per heavy atom. The van der Waals surface area contributed by atoms with Gasteiger partial charge in [-0.2, -0.15) is 0 Å². The van der Waals surface area contributed by atoms with Gasteiger partial charge >= 0.3 is 6.36 Å². The summed E-state index contributed by atoms with van der Waals surface area (Å²) in [5.41, 5.74) is 0.487. The van der Waals surface area contributed by atoms with Crippen LogP contribution in [0.2, 0.25) is 5.02 Å². The number of carbonyl (C=O) groups excluding carboxylic acids is 1. The Morgan fingerprint density at radius 3 is 2.61 bits per heavy atom. The number of hydrogen-bond acceptors (Lipinski definition) is 3. The molecule has 0 aliphatic rings. The van der Waals surface area contributed by atoms with E-state index in [2.05, 4.69) is 9.47 Å². The number of carbonyl (C=O) groups is 1. The van der Waals surface area contributed by atoms with E-state index in [1.807, 2.05) is 0 Å². The second kappa shape index (κ2) is 6.30. The Bertz CT molecular complexity index is 444. The van der Waals surface area contributed by atoms with Crippen molar-refractivity contribution >= 4 is 24.1 Å². The average Bonchev–Trinajstić information content (AvgIpc) is 2.24. The van der Waals surface area contributed by atoms with Gasteiger partial charge in [0.25, 0.3) is 6.47 Å². The third-order valence-electron chi connectivity index (χ3n) is 1.76. The molecular formula is C11H8ClF3O3. The predicted octanol–water partition coefficient (Wildman–Crippen LogP) is 3.42. The van der Waals surface area contributed by atoms with Crippen molar-refractivity contribution < 1.29 is 27.4 Å². The summed E-state index contributed by atoms with van der Waals surface area (Å²) in [4.78, 5) is 9.86. The molecule has 0 fully saturated rings. The molecule has 7 heteroatoms. The zero-order valence-corrected chi connectivity index (χ0v) is 9.66. The summed E-state index contributed by atoms with van der Waals surface area (Å²) >= 11 is 5.76. The normalized spacial score (nSPS) is 11.6. The van der Waals surface area contributed by atoms with Gasteiger partial charge in [-0.25, -0.2) is 0 Å². The summed E-state index contributed by atoms with van der Waals surface area (Å²) in [6.45, 7) is 0.340. The van der Waals surface area contributed by atoms with Crippen molar-refractivity contribution in [2.45, 2.75) is 6.36 Å². The van der Waals surface area contributed by atoms with E-state index in [9.17, 15) is 18.0 Å². The van der Waals surface area contributed by atoms with Gasteiger partial charge in [-0.05, 0) is 29.8 Å². The maximum atomic E-state index is 11.9. The largest absolute Gasteiger partial charge is 0.573 e. The lowest BCUT2D eigenvalue weighted by Gasteiger charge is -2.09. The van der Waals surface area contributed by atoms with Crippen molar-refractivity contribution in [3.8, 4) is 5.75 Å². The molecule has 0 amide bonds. The molecule has 1 rings (SSSR count). The maximum absolute atomic E-state index is 11.9. The van der Waals surface area contributed by atoms with Gasteiger partial charge in [0.05, 0.1) is 5.02 Å². The molecule has 1 aromatic rings. The summed E-state index contributed by atoms with van der Waals surface area (Å²) in [5, 5.41) is 0.0964. The first-order valence-electron chi connectivity index (χ1n) is 4.69. The summed E-state index contributed by atoms with van der Waals surface area (Å²) in [6.07, 6.45) is -1.73. The molecule has 0 heterocycles. The van der Waals surface area contributed by atoms with Crippen LogP contribution in [0.25, 0.3) is 6.08 Å². The molecule has 18 heavy (non-hydrogen) atoms. The number of rotatable bonds is 5. The standard InChI is InChI=1S/C11H8ClF3O3/c12-10-6-9(18-11(13,14)15)4-3-8(10)2-1-5-17-7-16/h1-4,6-7H,5H2. The van der Waals surface area contributed by atoms with E-state index in [0.717, 1.165) is 12.1 Å². The van der Waals surface area contributed by atoms with Crippen LogP contribution in [0.5, 0.6) is 5.75 Å². The van der Waals surface area contributed by atoms with Crippen molar-refractivity contribution in [3.63, 3.8) is 0 Å². The molecule has 0 saturated heterocycles. The zero-order chi connectivity index (χ0) is 13.6. The SMILES string of the molecule is O=COCC=Cc1ccc(OC(F)(F)F)cc1Cl. The van der Waals surface area contributed by atoms with Crippen molar-refractivity contribution in [1.82, 2.24) is 0 Å².